The Morgan fingerprint density at radius 3 is 2.48 bits per heavy atom. The van der Waals surface area contributed by atoms with E-state index in [9.17, 15) is 19.2 Å². The molecular formula is C28H29N3O7S2. The summed E-state index contributed by atoms with van der Waals surface area (Å²) in [6.45, 7) is 2.41. The number of hydrogen-bond acceptors (Lipinski definition) is 9. The highest BCUT2D eigenvalue weighted by atomic mass is 32.2. The molecule has 1 aliphatic rings. The molecule has 2 heterocycles. The molecule has 0 atom stereocenters. The highest BCUT2D eigenvalue weighted by Crippen LogP contribution is 2.38. The van der Waals surface area contributed by atoms with Crippen molar-refractivity contribution in [3.05, 3.63) is 64.0 Å². The fourth-order valence-corrected chi connectivity index (χ4v) is 6.26. The Morgan fingerprint density at radius 1 is 1.00 bits per heavy atom. The molecule has 1 aromatic heterocycles. The molecule has 1 aliphatic heterocycles. The number of rotatable bonds is 9. The van der Waals surface area contributed by atoms with Crippen molar-refractivity contribution in [3.8, 4) is 11.5 Å². The van der Waals surface area contributed by atoms with Gasteiger partial charge >= 0.3 is 5.97 Å². The van der Waals surface area contributed by atoms with E-state index in [0.29, 0.717) is 52.8 Å². The smallest absolute Gasteiger partial charge is 0.341 e. The number of carbonyl (C=O) groups is 4. The van der Waals surface area contributed by atoms with Crippen molar-refractivity contribution in [3.63, 3.8) is 0 Å². The highest BCUT2D eigenvalue weighted by molar-refractivity contribution is 8.00. The van der Waals surface area contributed by atoms with Crippen LogP contribution >= 0.6 is 23.1 Å². The molecular weight excluding hydrogens is 554 g/mol. The zero-order chi connectivity index (χ0) is 28.8. The third-order valence-corrected chi connectivity index (χ3v) is 8.38. The van der Waals surface area contributed by atoms with Crippen LogP contribution in [0.4, 0.5) is 10.7 Å². The van der Waals surface area contributed by atoms with Crippen molar-refractivity contribution in [2.45, 2.75) is 24.8 Å². The lowest BCUT2D eigenvalue weighted by Crippen LogP contribution is -2.33. The molecule has 0 radical (unpaired) electrons. The predicted molar refractivity (Wildman–Crippen MR) is 154 cm³/mol. The quantitative estimate of drug-likeness (QED) is 0.280. The van der Waals surface area contributed by atoms with Crippen LogP contribution in [0.3, 0.4) is 0 Å². The Hall–Kier alpha value is -4.03. The van der Waals surface area contributed by atoms with Gasteiger partial charge < -0.3 is 29.7 Å². The maximum absolute atomic E-state index is 12.9. The van der Waals surface area contributed by atoms with Gasteiger partial charge in [0.25, 0.3) is 5.91 Å². The number of thioether (sulfide) groups is 1. The number of anilines is 2. The molecule has 0 bridgehead atoms. The van der Waals surface area contributed by atoms with E-state index >= 15 is 0 Å². The molecule has 12 heteroatoms. The fourth-order valence-electron chi connectivity index (χ4n) is 4.23. The number of thiophene rings is 1. The van der Waals surface area contributed by atoms with E-state index < -0.39 is 5.97 Å². The molecule has 3 aromatic rings. The van der Waals surface area contributed by atoms with Gasteiger partial charge in [-0.15, -0.1) is 23.1 Å². The molecule has 10 nitrogen and oxygen atoms in total. The van der Waals surface area contributed by atoms with Crippen LogP contribution in [-0.2, 0) is 27.3 Å². The standard InChI is InChI=1S/C28H29N3O7S2/c1-16(32)31-11-10-20-23(14-31)40-27(25(20)28(35)38-4)30-24(33)15-39-19-7-5-6-18(13-19)29-26(34)17-8-9-21(36-2)22(12-17)37-3/h5-9,12-13H,10-11,14-15H2,1-4H3,(H,29,34)(H,30,33). The van der Waals surface area contributed by atoms with Crippen molar-refractivity contribution >= 4 is 57.5 Å². The van der Waals surface area contributed by atoms with Crippen molar-refractivity contribution in [1.29, 1.82) is 0 Å². The van der Waals surface area contributed by atoms with E-state index in [1.54, 1.807) is 41.3 Å². The lowest BCUT2D eigenvalue weighted by molar-refractivity contribution is -0.129. The van der Waals surface area contributed by atoms with Gasteiger partial charge in [-0.05, 0) is 48.4 Å². The average molecular weight is 584 g/mol. The van der Waals surface area contributed by atoms with Gasteiger partial charge in [0.15, 0.2) is 11.5 Å². The topological polar surface area (TPSA) is 123 Å². The fraction of sp³-hybridized carbons (Fsp3) is 0.286. The third kappa shape index (κ3) is 6.57. The normalized spacial score (nSPS) is 12.2. The van der Waals surface area contributed by atoms with Gasteiger partial charge in [0.2, 0.25) is 11.8 Å². The van der Waals surface area contributed by atoms with E-state index in [4.69, 9.17) is 14.2 Å². The van der Waals surface area contributed by atoms with Crippen LogP contribution < -0.4 is 20.1 Å². The molecule has 4 rings (SSSR count). The number of amides is 3. The van der Waals surface area contributed by atoms with Gasteiger partial charge in [0, 0.05) is 34.5 Å². The second kappa shape index (κ2) is 12.9. The highest BCUT2D eigenvalue weighted by Gasteiger charge is 2.30. The Kier molecular flexibility index (Phi) is 9.33. The maximum Gasteiger partial charge on any atom is 0.341 e. The van der Waals surface area contributed by atoms with Crippen LogP contribution in [0.25, 0.3) is 0 Å². The zero-order valence-electron chi connectivity index (χ0n) is 22.5. The summed E-state index contributed by atoms with van der Waals surface area (Å²) in [5.74, 6) is -0.120. The van der Waals surface area contributed by atoms with E-state index in [0.717, 1.165) is 15.3 Å². The largest absolute Gasteiger partial charge is 0.493 e. The van der Waals surface area contributed by atoms with Crippen LogP contribution in [0.1, 0.15) is 38.1 Å². The van der Waals surface area contributed by atoms with Gasteiger partial charge in [-0.2, -0.15) is 0 Å². The van der Waals surface area contributed by atoms with Gasteiger partial charge in [0.05, 0.1) is 39.2 Å². The van der Waals surface area contributed by atoms with E-state index in [2.05, 4.69) is 10.6 Å². The minimum Gasteiger partial charge on any atom is -0.493 e. The lowest BCUT2D eigenvalue weighted by atomic mass is 10.0. The van der Waals surface area contributed by atoms with Crippen molar-refractivity contribution in [1.82, 2.24) is 4.90 Å². The van der Waals surface area contributed by atoms with Crippen molar-refractivity contribution in [2.75, 3.05) is 44.3 Å². The summed E-state index contributed by atoms with van der Waals surface area (Å²) in [6.07, 6.45) is 0.516. The van der Waals surface area contributed by atoms with Crippen LogP contribution in [0.5, 0.6) is 11.5 Å². The summed E-state index contributed by atoms with van der Waals surface area (Å²) in [5, 5.41) is 6.12. The molecule has 0 saturated carbocycles. The van der Waals surface area contributed by atoms with Crippen LogP contribution in [0.15, 0.2) is 47.4 Å². The number of ether oxygens (including phenoxy) is 3. The number of fused-ring (bicyclic) bond motifs is 1. The predicted octanol–water partition coefficient (Wildman–Crippen LogP) is 4.44. The first-order valence-electron chi connectivity index (χ1n) is 12.3. The molecule has 0 saturated heterocycles. The third-order valence-electron chi connectivity index (χ3n) is 6.25. The zero-order valence-corrected chi connectivity index (χ0v) is 24.1. The second-order valence-corrected chi connectivity index (χ2v) is 10.9. The Morgan fingerprint density at radius 2 is 1.77 bits per heavy atom. The Balaban J connectivity index is 1.40. The first-order valence-corrected chi connectivity index (χ1v) is 14.1. The molecule has 2 aromatic carbocycles. The minimum atomic E-state index is -0.519. The molecule has 2 N–H and O–H groups in total. The minimum absolute atomic E-state index is 0.0391. The molecule has 0 fully saturated rings. The summed E-state index contributed by atoms with van der Waals surface area (Å²) in [5.41, 5.74) is 2.14. The Labute approximate surface area is 240 Å². The van der Waals surface area contributed by atoms with E-state index in [1.165, 1.54) is 51.4 Å². The van der Waals surface area contributed by atoms with Gasteiger partial charge in [0.1, 0.15) is 5.00 Å². The summed E-state index contributed by atoms with van der Waals surface area (Å²) in [6, 6.07) is 12.1. The first kappa shape index (κ1) is 29.0. The molecule has 0 unspecified atom stereocenters. The van der Waals surface area contributed by atoms with Gasteiger partial charge in [-0.3, -0.25) is 14.4 Å². The van der Waals surface area contributed by atoms with E-state index in [-0.39, 0.29) is 23.5 Å². The van der Waals surface area contributed by atoms with E-state index in [1.807, 2.05) is 6.07 Å². The molecule has 3 amide bonds. The van der Waals surface area contributed by atoms with Crippen LogP contribution in [0.2, 0.25) is 0 Å². The SMILES string of the molecule is COC(=O)c1c(NC(=O)CSc2cccc(NC(=O)c3ccc(OC)c(OC)c3)c2)sc2c1CCN(C(C)=O)C2. The summed E-state index contributed by atoms with van der Waals surface area (Å²) < 4.78 is 15.5. The number of esters is 1. The average Bonchev–Trinajstić information content (AvgIpc) is 3.32. The first-order chi connectivity index (χ1) is 19.2. The van der Waals surface area contributed by atoms with Gasteiger partial charge in [-0.1, -0.05) is 6.07 Å². The lowest BCUT2D eigenvalue weighted by Gasteiger charge is -2.25. The summed E-state index contributed by atoms with van der Waals surface area (Å²) in [4.78, 5) is 53.3. The Bertz CT molecular complexity index is 1450. The summed E-state index contributed by atoms with van der Waals surface area (Å²) in [7, 11) is 4.33. The van der Waals surface area contributed by atoms with Crippen molar-refractivity contribution in [2.24, 2.45) is 0 Å². The van der Waals surface area contributed by atoms with Gasteiger partial charge in [-0.25, -0.2) is 4.79 Å². The number of methoxy groups -OCH3 is 3. The second-order valence-electron chi connectivity index (χ2n) is 8.78. The molecule has 0 aliphatic carbocycles. The van der Waals surface area contributed by atoms with Crippen LogP contribution in [-0.4, -0.2) is 62.2 Å². The summed E-state index contributed by atoms with van der Waals surface area (Å²) >= 11 is 2.58. The van der Waals surface area contributed by atoms with Crippen molar-refractivity contribution < 1.29 is 33.4 Å². The number of benzene rings is 2. The number of carbonyl (C=O) groups excluding carboxylic acids is 4. The number of nitrogens with one attached hydrogen (secondary N) is 2. The maximum atomic E-state index is 12.9. The molecule has 210 valence electrons. The molecule has 0 spiro atoms. The molecule has 40 heavy (non-hydrogen) atoms. The number of nitrogens with zero attached hydrogens (tertiary/aromatic N) is 1. The number of hydrogen-bond donors (Lipinski definition) is 2. The monoisotopic (exact) mass is 583 g/mol. The van der Waals surface area contributed by atoms with Crippen LogP contribution in [0, 0.1) is 0 Å².